The lowest BCUT2D eigenvalue weighted by Crippen LogP contribution is -2.43. The van der Waals surface area contributed by atoms with Gasteiger partial charge in [-0.2, -0.15) is 0 Å². The summed E-state index contributed by atoms with van der Waals surface area (Å²) in [6, 6.07) is 23.8. The molecule has 3 N–H and O–H groups in total. The Bertz CT molecular complexity index is 1550. The van der Waals surface area contributed by atoms with Crippen LogP contribution in [0.1, 0.15) is 26.3 Å². The number of sulfonamides is 1. The van der Waals surface area contributed by atoms with Gasteiger partial charge in [-0.1, -0.05) is 39.0 Å². The van der Waals surface area contributed by atoms with Crippen LogP contribution < -0.4 is 19.2 Å². The van der Waals surface area contributed by atoms with Crippen molar-refractivity contribution in [2.45, 2.75) is 55.6 Å². The lowest BCUT2D eigenvalue weighted by molar-refractivity contribution is 0.106. The van der Waals surface area contributed by atoms with Crippen LogP contribution in [0.3, 0.4) is 0 Å². The zero-order valence-corrected chi connectivity index (χ0v) is 28.0. The van der Waals surface area contributed by atoms with Crippen LogP contribution in [0.5, 0.6) is 11.5 Å². The first-order valence-corrected chi connectivity index (χ1v) is 19.5. The number of nitrogens with one attached hydrogen (secondary N) is 2. The van der Waals surface area contributed by atoms with Gasteiger partial charge in [0.05, 0.1) is 10.6 Å². The fourth-order valence-electron chi connectivity index (χ4n) is 3.86. The number of pyridine rings is 1. The van der Waals surface area contributed by atoms with Gasteiger partial charge in [0.25, 0.3) is 10.0 Å². The predicted molar refractivity (Wildman–Crippen MR) is 177 cm³/mol. The van der Waals surface area contributed by atoms with Crippen LogP contribution in [0.2, 0.25) is 18.1 Å². The minimum absolute atomic E-state index is 0.125. The summed E-state index contributed by atoms with van der Waals surface area (Å²) in [6.45, 7) is 12.3. The van der Waals surface area contributed by atoms with E-state index in [0.717, 1.165) is 28.3 Å². The Morgan fingerprint density at radius 3 is 2.30 bits per heavy atom. The van der Waals surface area contributed by atoms with Gasteiger partial charge in [-0.25, -0.2) is 8.42 Å². The van der Waals surface area contributed by atoms with E-state index in [4.69, 9.17) is 9.16 Å². The van der Waals surface area contributed by atoms with Gasteiger partial charge in [0.1, 0.15) is 28.4 Å². The third-order valence-corrected chi connectivity index (χ3v) is 14.7. The monoisotopic (exact) mass is 639 g/mol. The highest BCUT2D eigenvalue weighted by atomic mass is 32.2. The second kappa shape index (κ2) is 14.0. The van der Waals surface area contributed by atoms with Crippen LogP contribution in [-0.2, 0) is 16.4 Å². The topological polar surface area (TPSA) is 110 Å². The number of nitrogens with zero attached hydrogens (tertiary/aromatic N) is 1. The molecule has 0 amide bonds. The fourth-order valence-corrected chi connectivity index (χ4v) is 7.23. The van der Waals surface area contributed by atoms with Gasteiger partial charge in [0.2, 0.25) is 8.32 Å². The maximum atomic E-state index is 12.9. The number of benzene rings is 2. The predicted octanol–water partition coefficient (Wildman–Crippen LogP) is 6.57. The first kappa shape index (κ1) is 32.7. The van der Waals surface area contributed by atoms with Gasteiger partial charge >= 0.3 is 0 Å². The molecule has 0 saturated carbocycles. The molecule has 4 aromatic rings. The van der Waals surface area contributed by atoms with Gasteiger partial charge in [-0.05, 0) is 97.3 Å². The molecular weight excluding hydrogens is 599 g/mol. The number of hydrogen-bond donors (Lipinski definition) is 3. The molecule has 0 unspecified atom stereocenters. The van der Waals surface area contributed by atoms with Crippen molar-refractivity contribution >= 4 is 35.4 Å². The van der Waals surface area contributed by atoms with Gasteiger partial charge in [0.15, 0.2) is 0 Å². The number of anilines is 1. The van der Waals surface area contributed by atoms with Crippen molar-refractivity contribution in [1.29, 1.82) is 0 Å². The Morgan fingerprint density at radius 1 is 0.953 bits per heavy atom. The van der Waals surface area contributed by atoms with Crippen molar-refractivity contribution < 1.29 is 22.7 Å². The summed E-state index contributed by atoms with van der Waals surface area (Å²) >= 11 is 1.18. The molecule has 11 heteroatoms. The molecule has 0 radical (unpaired) electrons. The summed E-state index contributed by atoms with van der Waals surface area (Å²) < 4.78 is 40.7. The molecule has 0 aliphatic heterocycles. The molecule has 0 bridgehead atoms. The van der Waals surface area contributed by atoms with E-state index in [1.54, 1.807) is 30.5 Å². The van der Waals surface area contributed by atoms with Gasteiger partial charge < -0.3 is 19.6 Å². The minimum atomic E-state index is -3.70. The van der Waals surface area contributed by atoms with E-state index in [0.29, 0.717) is 24.5 Å². The molecule has 2 aromatic carbocycles. The second-order valence-electron chi connectivity index (χ2n) is 11.9. The average molecular weight is 640 g/mol. The maximum absolute atomic E-state index is 12.9. The van der Waals surface area contributed by atoms with Crippen LogP contribution in [0.4, 0.5) is 5.69 Å². The first-order valence-electron chi connectivity index (χ1n) is 14.3. The van der Waals surface area contributed by atoms with E-state index >= 15 is 0 Å². The largest absolute Gasteiger partial charge is 0.543 e. The molecule has 230 valence electrons. The second-order valence-corrected chi connectivity index (χ2v) is 19.6. The third-order valence-electron chi connectivity index (χ3n) is 7.39. The summed E-state index contributed by atoms with van der Waals surface area (Å²) in [5.74, 6) is 1.52. The van der Waals surface area contributed by atoms with Gasteiger partial charge in [0, 0.05) is 18.4 Å². The van der Waals surface area contributed by atoms with E-state index in [9.17, 15) is 13.5 Å². The number of rotatable bonds is 14. The van der Waals surface area contributed by atoms with Crippen molar-refractivity contribution in [3.05, 3.63) is 90.6 Å². The maximum Gasteiger partial charge on any atom is 0.271 e. The van der Waals surface area contributed by atoms with Crippen molar-refractivity contribution in [3.8, 4) is 22.1 Å². The number of aliphatic hydroxyl groups excluding tert-OH is 1. The molecule has 0 aliphatic carbocycles. The number of thiophene rings is 1. The van der Waals surface area contributed by atoms with Gasteiger partial charge in [-0.15, -0.1) is 11.3 Å². The number of ether oxygens (including phenoxy) is 1. The van der Waals surface area contributed by atoms with Gasteiger partial charge in [-0.3, -0.25) is 9.71 Å². The van der Waals surface area contributed by atoms with E-state index in [2.05, 4.69) is 48.9 Å². The van der Waals surface area contributed by atoms with Crippen LogP contribution >= 0.6 is 11.3 Å². The standard InChI is InChI=1S/C32H41N3O5S2Si/c1-32(2,3)43(4,5)40-28-15-13-27(14-16-28)39-23-26(36)22-33-21-19-24-9-11-25(12-10-24)35-42(37,38)31-18-17-30(41-31)29-8-6-7-20-34-29/h6-18,20,26,33,35-36H,19,21-23H2,1-5H3/t26-/m0/s1. The highest BCUT2D eigenvalue weighted by Gasteiger charge is 2.38. The summed E-state index contributed by atoms with van der Waals surface area (Å²) in [4.78, 5) is 5.08. The van der Waals surface area contributed by atoms with Crippen molar-refractivity contribution in [2.75, 3.05) is 24.4 Å². The lowest BCUT2D eigenvalue weighted by Gasteiger charge is -2.36. The Kier molecular flexibility index (Phi) is 10.7. The van der Waals surface area contributed by atoms with Crippen molar-refractivity contribution in [1.82, 2.24) is 10.3 Å². The normalized spacial score (nSPS) is 13.0. The Balaban J connectivity index is 1.16. The van der Waals surface area contributed by atoms with E-state index in [1.165, 1.54) is 11.3 Å². The molecule has 0 spiro atoms. The molecule has 43 heavy (non-hydrogen) atoms. The Hall–Kier alpha value is -3.22. The zero-order chi connectivity index (χ0) is 31.1. The van der Waals surface area contributed by atoms with Crippen molar-refractivity contribution in [2.24, 2.45) is 0 Å². The number of aromatic nitrogens is 1. The molecule has 0 aliphatic rings. The molecule has 8 nitrogen and oxygen atoms in total. The molecule has 2 aromatic heterocycles. The number of aliphatic hydroxyl groups is 1. The quantitative estimate of drug-likeness (QED) is 0.106. The smallest absolute Gasteiger partial charge is 0.271 e. The molecule has 4 rings (SSSR count). The summed E-state index contributed by atoms with van der Waals surface area (Å²) in [5, 5.41) is 13.7. The third kappa shape index (κ3) is 9.38. The molecular formula is C32H41N3O5S2Si. The molecule has 2 heterocycles. The molecule has 0 fully saturated rings. The van der Waals surface area contributed by atoms with E-state index in [1.807, 2.05) is 54.6 Å². The van der Waals surface area contributed by atoms with E-state index in [-0.39, 0.29) is 15.9 Å². The minimum Gasteiger partial charge on any atom is -0.543 e. The highest BCUT2D eigenvalue weighted by molar-refractivity contribution is 7.94. The SMILES string of the molecule is CC(C)(C)[Si](C)(C)Oc1ccc(OC[C@@H](O)CNCCc2ccc(NS(=O)(=O)c3ccc(-c4ccccn4)s3)cc2)cc1. The summed E-state index contributed by atoms with van der Waals surface area (Å²) in [5.41, 5.74) is 2.29. The highest BCUT2D eigenvalue weighted by Crippen LogP contribution is 2.37. The van der Waals surface area contributed by atoms with Crippen molar-refractivity contribution in [3.63, 3.8) is 0 Å². The van der Waals surface area contributed by atoms with E-state index < -0.39 is 24.4 Å². The average Bonchev–Trinajstić information content (AvgIpc) is 3.47. The van der Waals surface area contributed by atoms with Crippen LogP contribution in [0.15, 0.2) is 89.3 Å². The fraction of sp³-hybridized carbons (Fsp3) is 0.344. The van der Waals surface area contributed by atoms with Crippen LogP contribution in [-0.4, -0.2) is 52.6 Å². The zero-order valence-electron chi connectivity index (χ0n) is 25.3. The summed E-state index contributed by atoms with van der Waals surface area (Å²) in [6.07, 6.45) is 1.76. The van der Waals surface area contributed by atoms with Crippen LogP contribution in [0.25, 0.3) is 10.6 Å². The summed E-state index contributed by atoms with van der Waals surface area (Å²) in [7, 11) is -5.60. The Morgan fingerprint density at radius 2 is 1.65 bits per heavy atom. The number of hydrogen-bond acceptors (Lipinski definition) is 8. The Labute approximate surface area is 260 Å². The first-order chi connectivity index (χ1) is 20.3. The lowest BCUT2D eigenvalue weighted by atomic mass is 10.1. The molecule has 0 saturated heterocycles. The molecule has 1 atom stereocenters. The van der Waals surface area contributed by atoms with Crippen LogP contribution in [0, 0.1) is 0 Å².